The zero-order valence-corrected chi connectivity index (χ0v) is 15.1. The van der Waals surface area contributed by atoms with Crippen molar-refractivity contribution in [3.05, 3.63) is 0 Å². The second kappa shape index (κ2) is 9.82. The lowest BCUT2D eigenvalue weighted by Crippen LogP contribution is -2.40. The number of nitrogens with two attached hydrogens (primary N) is 1. The summed E-state index contributed by atoms with van der Waals surface area (Å²) in [5, 5.41) is 3.42. The second-order valence-corrected chi connectivity index (χ2v) is 6.11. The molecule has 1 saturated carbocycles. The van der Waals surface area contributed by atoms with Crippen LogP contribution >= 0.6 is 24.0 Å². The average molecular weight is 394 g/mol. The van der Waals surface area contributed by atoms with Crippen LogP contribution in [0.15, 0.2) is 4.99 Å². The van der Waals surface area contributed by atoms with Crippen LogP contribution in [0.25, 0.3) is 0 Å². The summed E-state index contributed by atoms with van der Waals surface area (Å²) < 4.78 is 0. The van der Waals surface area contributed by atoms with Crippen molar-refractivity contribution in [1.82, 2.24) is 10.2 Å². The van der Waals surface area contributed by atoms with Crippen molar-refractivity contribution in [3.8, 4) is 0 Å². The fourth-order valence-electron chi connectivity index (χ4n) is 3.26. The molecule has 5 heteroatoms. The largest absolute Gasteiger partial charge is 0.370 e. The molecule has 1 saturated heterocycles. The molecular formula is C15H31IN4. The van der Waals surface area contributed by atoms with Crippen molar-refractivity contribution in [2.24, 2.45) is 16.6 Å². The maximum absolute atomic E-state index is 6.03. The summed E-state index contributed by atoms with van der Waals surface area (Å²) in [4.78, 5) is 7.05. The first-order valence-electron chi connectivity index (χ1n) is 8.06. The highest BCUT2D eigenvalue weighted by Gasteiger charge is 2.20. The predicted octanol–water partition coefficient (Wildman–Crippen LogP) is 2.57. The van der Waals surface area contributed by atoms with Crippen LogP contribution in [0, 0.1) is 5.92 Å². The van der Waals surface area contributed by atoms with E-state index in [1.165, 1.54) is 58.0 Å². The van der Waals surface area contributed by atoms with Crippen molar-refractivity contribution in [2.45, 2.75) is 57.9 Å². The lowest BCUT2D eigenvalue weighted by molar-refractivity contribution is 0.343. The summed E-state index contributed by atoms with van der Waals surface area (Å²) >= 11 is 0. The van der Waals surface area contributed by atoms with E-state index >= 15 is 0 Å². The van der Waals surface area contributed by atoms with Crippen molar-refractivity contribution in [3.63, 3.8) is 0 Å². The van der Waals surface area contributed by atoms with Gasteiger partial charge >= 0.3 is 0 Å². The summed E-state index contributed by atoms with van der Waals surface area (Å²) in [7, 11) is 0. The lowest BCUT2D eigenvalue weighted by atomic mass is 10.1. The van der Waals surface area contributed by atoms with Gasteiger partial charge in [-0.2, -0.15) is 0 Å². The fraction of sp³-hybridized carbons (Fsp3) is 0.933. The van der Waals surface area contributed by atoms with Gasteiger partial charge in [0.25, 0.3) is 0 Å². The predicted molar refractivity (Wildman–Crippen MR) is 96.8 cm³/mol. The van der Waals surface area contributed by atoms with Crippen molar-refractivity contribution < 1.29 is 0 Å². The van der Waals surface area contributed by atoms with Crippen LogP contribution < -0.4 is 11.1 Å². The van der Waals surface area contributed by atoms with Gasteiger partial charge in [0, 0.05) is 19.1 Å². The number of halogens is 1. The van der Waals surface area contributed by atoms with Gasteiger partial charge in [0.2, 0.25) is 0 Å². The molecule has 0 aromatic carbocycles. The highest BCUT2D eigenvalue weighted by molar-refractivity contribution is 14.0. The lowest BCUT2D eigenvalue weighted by Gasteiger charge is -2.17. The maximum atomic E-state index is 6.03. The maximum Gasteiger partial charge on any atom is 0.188 e. The Morgan fingerprint density at radius 2 is 1.90 bits per heavy atom. The van der Waals surface area contributed by atoms with Gasteiger partial charge in [-0.15, -0.1) is 24.0 Å². The van der Waals surface area contributed by atoms with Gasteiger partial charge in [-0.3, -0.25) is 4.99 Å². The van der Waals surface area contributed by atoms with Crippen LogP contribution in [-0.4, -0.2) is 43.1 Å². The van der Waals surface area contributed by atoms with Crippen LogP contribution in [0.4, 0.5) is 0 Å². The number of rotatable bonds is 4. The average Bonchev–Trinajstić information content (AvgIpc) is 2.73. The molecule has 0 spiro atoms. The molecule has 1 heterocycles. The summed E-state index contributed by atoms with van der Waals surface area (Å²) in [6.45, 7) is 6.70. The van der Waals surface area contributed by atoms with Gasteiger partial charge in [0.15, 0.2) is 5.96 Å². The summed E-state index contributed by atoms with van der Waals surface area (Å²) in [5.74, 6) is 1.37. The Bertz CT molecular complexity index is 288. The molecule has 20 heavy (non-hydrogen) atoms. The minimum absolute atomic E-state index is 0. The SMILES string of the molecule is CCN1CCC(CN=C(N)NC2CCCCCC2)C1.I. The Hall–Kier alpha value is -0.0400. The van der Waals surface area contributed by atoms with E-state index in [1.54, 1.807) is 0 Å². The molecule has 0 amide bonds. The molecular weight excluding hydrogens is 363 g/mol. The number of nitrogens with zero attached hydrogens (tertiary/aromatic N) is 2. The van der Waals surface area contributed by atoms with Gasteiger partial charge in [-0.05, 0) is 38.3 Å². The summed E-state index contributed by atoms with van der Waals surface area (Å²) in [5.41, 5.74) is 6.03. The monoisotopic (exact) mass is 394 g/mol. The van der Waals surface area contributed by atoms with Crippen LogP contribution in [0.5, 0.6) is 0 Å². The number of guanidine groups is 1. The molecule has 2 fully saturated rings. The standard InChI is InChI=1S/C15H30N4.HI/c1-2-19-10-9-13(12-19)11-17-15(16)18-14-7-5-3-4-6-8-14;/h13-14H,2-12H2,1H3,(H3,16,17,18);1H. The van der Waals surface area contributed by atoms with E-state index in [2.05, 4.69) is 22.1 Å². The molecule has 0 aromatic heterocycles. The molecule has 0 radical (unpaired) electrons. The number of aliphatic imine (C=N–C) groups is 1. The Labute approximate surface area is 141 Å². The van der Waals surface area contributed by atoms with Crippen molar-refractivity contribution in [2.75, 3.05) is 26.2 Å². The molecule has 118 valence electrons. The van der Waals surface area contributed by atoms with E-state index in [9.17, 15) is 0 Å². The molecule has 1 unspecified atom stereocenters. The first-order chi connectivity index (χ1) is 9.28. The van der Waals surface area contributed by atoms with E-state index < -0.39 is 0 Å². The normalized spacial score (nSPS) is 26.1. The zero-order valence-electron chi connectivity index (χ0n) is 12.8. The van der Waals surface area contributed by atoms with E-state index in [0.717, 1.165) is 13.1 Å². The Morgan fingerprint density at radius 3 is 2.50 bits per heavy atom. The minimum atomic E-state index is 0. The summed E-state index contributed by atoms with van der Waals surface area (Å²) in [6.07, 6.45) is 9.20. The molecule has 1 atom stereocenters. The second-order valence-electron chi connectivity index (χ2n) is 6.11. The third-order valence-electron chi connectivity index (χ3n) is 4.54. The van der Waals surface area contributed by atoms with Crippen LogP contribution in [0.2, 0.25) is 0 Å². The molecule has 2 rings (SSSR count). The van der Waals surface area contributed by atoms with E-state index in [0.29, 0.717) is 17.9 Å². The van der Waals surface area contributed by atoms with E-state index in [4.69, 9.17) is 5.73 Å². The minimum Gasteiger partial charge on any atom is -0.370 e. The smallest absolute Gasteiger partial charge is 0.188 e. The van der Waals surface area contributed by atoms with E-state index in [-0.39, 0.29) is 24.0 Å². The Morgan fingerprint density at radius 1 is 1.20 bits per heavy atom. The van der Waals surface area contributed by atoms with Gasteiger partial charge in [-0.1, -0.05) is 32.6 Å². The topological polar surface area (TPSA) is 53.6 Å². The highest BCUT2D eigenvalue weighted by Crippen LogP contribution is 2.17. The van der Waals surface area contributed by atoms with Gasteiger partial charge < -0.3 is 16.0 Å². The molecule has 3 N–H and O–H groups in total. The first-order valence-corrected chi connectivity index (χ1v) is 8.06. The number of nitrogens with one attached hydrogen (secondary N) is 1. The number of hydrogen-bond acceptors (Lipinski definition) is 2. The molecule has 1 aliphatic heterocycles. The molecule has 2 aliphatic rings. The van der Waals surface area contributed by atoms with Crippen molar-refractivity contribution >= 4 is 29.9 Å². The zero-order chi connectivity index (χ0) is 13.5. The van der Waals surface area contributed by atoms with E-state index in [1.807, 2.05) is 0 Å². The number of hydrogen-bond donors (Lipinski definition) is 2. The summed E-state index contributed by atoms with van der Waals surface area (Å²) in [6, 6.07) is 0.557. The van der Waals surface area contributed by atoms with Gasteiger partial charge in [0.05, 0.1) is 0 Å². The van der Waals surface area contributed by atoms with Crippen LogP contribution in [0.3, 0.4) is 0 Å². The third kappa shape index (κ3) is 6.16. The van der Waals surface area contributed by atoms with Crippen LogP contribution in [0.1, 0.15) is 51.9 Å². The van der Waals surface area contributed by atoms with Crippen LogP contribution in [-0.2, 0) is 0 Å². The molecule has 0 bridgehead atoms. The third-order valence-corrected chi connectivity index (χ3v) is 4.54. The number of likely N-dealkylation sites (tertiary alicyclic amines) is 1. The Balaban J connectivity index is 0.00000200. The quantitative estimate of drug-likeness (QED) is 0.334. The fourth-order valence-corrected chi connectivity index (χ4v) is 3.26. The molecule has 1 aliphatic carbocycles. The van der Waals surface area contributed by atoms with Gasteiger partial charge in [0.1, 0.15) is 0 Å². The Kier molecular flexibility index (Phi) is 8.84. The van der Waals surface area contributed by atoms with Crippen molar-refractivity contribution in [1.29, 1.82) is 0 Å². The highest BCUT2D eigenvalue weighted by atomic mass is 127. The molecule has 0 aromatic rings. The van der Waals surface area contributed by atoms with Gasteiger partial charge in [-0.25, -0.2) is 0 Å². The molecule has 4 nitrogen and oxygen atoms in total. The first kappa shape index (κ1) is 18.0.